The lowest BCUT2D eigenvalue weighted by molar-refractivity contribution is -0.177. The van der Waals surface area contributed by atoms with Crippen molar-refractivity contribution in [1.82, 2.24) is 0 Å². The predicted octanol–water partition coefficient (Wildman–Crippen LogP) is 5.80. The van der Waals surface area contributed by atoms with Crippen LogP contribution in [0.25, 0.3) is 0 Å². The molecule has 1 saturated heterocycles. The molecule has 1 aliphatic rings. The molecule has 1 aliphatic heterocycles. The zero-order valence-electron chi connectivity index (χ0n) is 19.0. The van der Waals surface area contributed by atoms with Crippen molar-refractivity contribution in [2.24, 2.45) is 5.41 Å². The van der Waals surface area contributed by atoms with Gasteiger partial charge in [0.1, 0.15) is 12.1 Å². The smallest absolute Gasteiger partial charge is 0.329 e. The number of anilines is 1. The third-order valence-corrected chi connectivity index (χ3v) is 6.35. The zero-order chi connectivity index (χ0) is 24.1. The standard InChI is InChI=1S/C27H26BrNO5/c1-3-32-25(30)27(26(31)33-4-2)23(19-15-17-21(28)18-16-19)29(22-13-9-6-10-14-22)34-24(27)20-11-7-5-8-12-20/h5-18,23-24H,3-4H2,1-2H3/t23-,24+/m1/s1. The van der Waals surface area contributed by atoms with Crippen LogP contribution in [0, 0.1) is 5.41 Å². The quantitative estimate of drug-likeness (QED) is 0.288. The third kappa shape index (κ3) is 4.21. The Bertz CT molecular complexity index is 1100. The van der Waals surface area contributed by atoms with Gasteiger partial charge >= 0.3 is 11.9 Å². The highest BCUT2D eigenvalue weighted by Gasteiger charge is 2.69. The number of rotatable bonds is 7. The highest BCUT2D eigenvalue weighted by atomic mass is 79.9. The van der Waals surface area contributed by atoms with Gasteiger partial charge in [-0.1, -0.05) is 76.6 Å². The van der Waals surface area contributed by atoms with E-state index in [4.69, 9.17) is 14.3 Å². The molecule has 34 heavy (non-hydrogen) atoms. The summed E-state index contributed by atoms with van der Waals surface area (Å²) in [6.45, 7) is 3.65. The lowest BCUT2D eigenvalue weighted by atomic mass is 9.71. The van der Waals surface area contributed by atoms with Gasteiger partial charge in [-0.3, -0.25) is 14.4 Å². The molecule has 0 saturated carbocycles. The fraction of sp³-hybridized carbons (Fsp3) is 0.259. The van der Waals surface area contributed by atoms with E-state index in [2.05, 4.69) is 15.9 Å². The minimum atomic E-state index is -1.81. The molecule has 0 aliphatic carbocycles. The van der Waals surface area contributed by atoms with Crippen molar-refractivity contribution in [3.63, 3.8) is 0 Å². The number of esters is 2. The maximum atomic E-state index is 13.9. The maximum Gasteiger partial charge on any atom is 0.329 e. The number of para-hydroxylation sites is 1. The van der Waals surface area contributed by atoms with E-state index in [1.54, 1.807) is 18.9 Å². The Morgan fingerprint density at radius 3 is 1.88 bits per heavy atom. The number of hydrogen-bond donors (Lipinski definition) is 0. The summed E-state index contributed by atoms with van der Waals surface area (Å²) < 4.78 is 12.0. The Morgan fingerprint density at radius 2 is 1.35 bits per heavy atom. The second-order valence-corrected chi connectivity index (χ2v) is 8.74. The summed E-state index contributed by atoms with van der Waals surface area (Å²) in [6.07, 6.45) is -0.972. The van der Waals surface area contributed by atoms with Crippen molar-refractivity contribution >= 4 is 33.6 Å². The first-order valence-electron chi connectivity index (χ1n) is 11.2. The minimum absolute atomic E-state index is 0.111. The summed E-state index contributed by atoms with van der Waals surface area (Å²) in [5.41, 5.74) is 0.277. The van der Waals surface area contributed by atoms with Gasteiger partial charge in [0, 0.05) is 4.47 Å². The number of nitrogens with zero attached hydrogens (tertiary/aromatic N) is 1. The molecule has 0 N–H and O–H groups in total. The molecule has 4 rings (SSSR count). The third-order valence-electron chi connectivity index (χ3n) is 5.82. The van der Waals surface area contributed by atoms with Gasteiger partial charge in [-0.2, -0.15) is 0 Å². The van der Waals surface area contributed by atoms with Crippen LogP contribution >= 0.6 is 15.9 Å². The Kier molecular flexibility index (Phi) is 7.34. The molecule has 0 aromatic heterocycles. The van der Waals surface area contributed by atoms with E-state index < -0.39 is 29.5 Å². The first-order valence-corrected chi connectivity index (χ1v) is 12.0. The van der Waals surface area contributed by atoms with Crippen LogP contribution in [0.2, 0.25) is 0 Å². The summed E-state index contributed by atoms with van der Waals surface area (Å²) in [5, 5.41) is 1.63. The van der Waals surface area contributed by atoms with E-state index in [0.29, 0.717) is 16.8 Å². The zero-order valence-corrected chi connectivity index (χ0v) is 20.6. The molecule has 0 radical (unpaired) electrons. The lowest BCUT2D eigenvalue weighted by Crippen LogP contribution is -2.49. The molecule has 2 atom stereocenters. The van der Waals surface area contributed by atoms with Crippen LogP contribution in [-0.2, 0) is 23.9 Å². The van der Waals surface area contributed by atoms with Crippen LogP contribution in [0.4, 0.5) is 5.69 Å². The molecular weight excluding hydrogens is 498 g/mol. The van der Waals surface area contributed by atoms with Crippen LogP contribution < -0.4 is 5.06 Å². The highest BCUT2D eigenvalue weighted by molar-refractivity contribution is 9.10. The monoisotopic (exact) mass is 523 g/mol. The predicted molar refractivity (Wildman–Crippen MR) is 132 cm³/mol. The molecule has 0 bridgehead atoms. The van der Waals surface area contributed by atoms with Gasteiger partial charge in [0.05, 0.1) is 18.9 Å². The van der Waals surface area contributed by atoms with Crippen LogP contribution in [0.5, 0.6) is 0 Å². The number of benzene rings is 3. The molecule has 1 fully saturated rings. The van der Waals surface area contributed by atoms with E-state index in [1.807, 2.05) is 84.9 Å². The SMILES string of the molecule is CCOC(=O)C1(C(=O)OCC)[C@H](c2ccccc2)ON(c2ccccc2)[C@@H]1c1ccc(Br)cc1. The molecule has 3 aromatic rings. The molecule has 0 amide bonds. The van der Waals surface area contributed by atoms with Gasteiger partial charge < -0.3 is 9.47 Å². The number of halogens is 1. The summed E-state index contributed by atoms with van der Waals surface area (Å²) in [7, 11) is 0. The summed E-state index contributed by atoms with van der Waals surface area (Å²) in [5.74, 6) is -1.37. The summed E-state index contributed by atoms with van der Waals surface area (Å²) in [6, 6.07) is 25.3. The van der Waals surface area contributed by atoms with Crippen molar-refractivity contribution in [2.75, 3.05) is 18.3 Å². The molecule has 176 valence electrons. The van der Waals surface area contributed by atoms with Crippen molar-refractivity contribution in [1.29, 1.82) is 0 Å². The van der Waals surface area contributed by atoms with Gasteiger partial charge in [0.25, 0.3) is 0 Å². The van der Waals surface area contributed by atoms with Gasteiger partial charge in [0.15, 0.2) is 0 Å². The number of hydroxylamine groups is 1. The van der Waals surface area contributed by atoms with Gasteiger partial charge in [-0.05, 0) is 49.2 Å². The van der Waals surface area contributed by atoms with E-state index in [-0.39, 0.29) is 13.2 Å². The molecular formula is C27H26BrNO5. The molecule has 6 nitrogen and oxygen atoms in total. The Labute approximate surface area is 207 Å². The Morgan fingerprint density at radius 1 is 0.824 bits per heavy atom. The summed E-state index contributed by atoms with van der Waals surface area (Å²) >= 11 is 3.47. The topological polar surface area (TPSA) is 65.1 Å². The van der Waals surface area contributed by atoms with E-state index in [0.717, 1.165) is 4.47 Å². The Hall–Kier alpha value is -3.16. The highest BCUT2D eigenvalue weighted by Crippen LogP contribution is 2.58. The average Bonchev–Trinajstić information content (AvgIpc) is 3.23. The number of hydrogen-bond acceptors (Lipinski definition) is 6. The average molecular weight is 524 g/mol. The van der Waals surface area contributed by atoms with E-state index in [9.17, 15) is 9.59 Å². The first-order chi connectivity index (χ1) is 16.5. The van der Waals surface area contributed by atoms with Crippen molar-refractivity contribution < 1.29 is 23.9 Å². The Balaban J connectivity index is 2.02. The van der Waals surface area contributed by atoms with Gasteiger partial charge in [-0.15, -0.1) is 0 Å². The molecule has 7 heteroatoms. The van der Waals surface area contributed by atoms with Crippen LogP contribution in [0.1, 0.15) is 37.1 Å². The van der Waals surface area contributed by atoms with Gasteiger partial charge in [0.2, 0.25) is 5.41 Å². The fourth-order valence-electron chi connectivity index (χ4n) is 4.39. The molecule has 0 unspecified atom stereocenters. The number of carbonyl (C=O) groups excluding carboxylic acids is 2. The van der Waals surface area contributed by atoms with Crippen molar-refractivity contribution in [2.45, 2.75) is 26.0 Å². The first kappa shape index (κ1) is 24.0. The van der Waals surface area contributed by atoms with E-state index in [1.165, 1.54) is 0 Å². The largest absolute Gasteiger partial charge is 0.465 e. The molecule has 3 aromatic carbocycles. The second-order valence-electron chi connectivity index (χ2n) is 7.82. The number of carbonyl (C=O) groups is 2. The van der Waals surface area contributed by atoms with Crippen molar-refractivity contribution in [3.8, 4) is 0 Å². The lowest BCUT2D eigenvalue weighted by Gasteiger charge is -2.34. The normalized spacial score (nSPS) is 19.0. The molecule has 0 spiro atoms. The second kappa shape index (κ2) is 10.4. The molecule has 1 heterocycles. The fourth-order valence-corrected chi connectivity index (χ4v) is 4.65. The van der Waals surface area contributed by atoms with E-state index >= 15 is 0 Å². The van der Waals surface area contributed by atoms with Gasteiger partial charge in [-0.25, -0.2) is 5.06 Å². The summed E-state index contributed by atoms with van der Waals surface area (Å²) in [4.78, 5) is 34.2. The number of ether oxygens (including phenoxy) is 2. The van der Waals surface area contributed by atoms with Crippen LogP contribution in [0.15, 0.2) is 89.4 Å². The van der Waals surface area contributed by atoms with Crippen LogP contribution in [0.3, 0.4) is 0 Å². The van der Waals surface area contributed by atoms with Crippen molar-refractivity contribution in [3.05, 3.63) is 101 Å². The maximum absolute atomic E-state index is 13.9. The van der Waals surface area contributed by atoms with Crippen LogP contribution in [-0.4, -0.2) is 25.2 Å². The minimum Gasteiger partial charge on any atom is -0.465 e.